The Morgan fingerprint density at radius 3 is 2.43 bits per heavy atom. The number of alkyl halides is 1. The molecule has 0 atom stereocenters. The van der Waals surface area contributed by atoms with Crippen molar-refractivity contribution in [3.63, 3.8) is 0 Å². The van der Waals surface area contributed by atoms with Crippen molar-refractivity contribution in [1.29, 1.82) is 0 Å². The highest BCUT2D eigenvalue weighted by Crippen LogP contribution is 2.48. The molecule has 1 aliphatic carbocycles. The first kappa shape index (κ1) is 3.84. The van der Waals surface area contributed by atoms with Gasteiger partial charge in [-0.3, -0.25) is 0 Å². The Morgan fingerprint density at radius 1 is 1.57 bits per heavy atom. The minimum atomic E-state index is -1.16. The summed E-state index contributed by atoms with van der Waals surface area (Å²) in [7, 11) is 0. The molecular formula is C5H7FO. The zero-order valence-corrected chi connectivity index (χ0v) is 3.98. The average Bonchev–Trinajstić information content (AvgIpc) is 1.88. The Kier molecular flexibility index (Phi) is 0.465. The molecule has 1 nitrogen and oxygen atoms in total. The van der Waals surface area contributed by atoms with Crippen molar-refractivity contribution in [1.82, 2.24) is 0 Å². The van der Waals surface area contributed by atoms with Crippen LogP contribution in [0.4, 0.5) is 4.39 Å². The summed E-state index contributed by atoms with van der Waals surface area (Å²) in [6.07, 6.45) is 1.32. The summed E-state index contributed by atoms with van der Waals surface area (Å²) in [5.41, 5.74) is 0. The molecule has 0 aromatic heterocycles. The first-order valence-corrected chi connectivity index (χ1v) is 2.61. The molecule has 1 saturated carbocycles. The van der Waals surface area contributed by atoms with Crippen LogP contribution in [-0.4, -0.2) is 12.5 Å². The average molecular weight is 102 g/mol. The van der Waals surface area contributed by atoms with Gasteiger partial charge in [0.1, 0.15) is 0 Å². The molecule has 2 heterocycles. The number of ether oxygens (including phenoxy) is 1. The number of halogens is 1. The third kappa shape index (κ3) is 0.353. The second-order valence-electron chi connectivity index (χ2n) is 2.47. The van der Waals surface area contributed by atoms with E-state index in [1.165, 1.54) is 0 Å². The van der Waals surface area contributed by atoms with E-state index in [-0.39, 0.29) is 0 Å². The maximum absolute atomic E-state index is 12.5. The molecule has 0 amide bonds. The maximum atomic E-state index is 12.5. The molecule has 0 aromatic rings. The lowest BCUT2D eigenvalue weighted by molar-refractivity contribution is -0.116. The summed E-state index contributed by atoms with van der Waals surface area (Å²) in [4.78, 5) is 0. The van der Waals surface area contributed by atoms with Crippen LogP contribution >= 0.6 is 0 Å². The summed E-state index contributed by atoms with van der Waals surface area (Å²) in [5, 5.41) is 0. The molecule has 2 saturated heterocycles. The van der Waals surface area contributed by atoms with E-state index in [1.54, 1.807) is 0 Å². The van der Waals surface area contributed by atoms with E-state index in [1.807, 2.05) is 0 Å². The Morgan fingerprint density at radius 2 is 2.29 bits per heavy atom. The van der Waals surface area contributed by atoms with Crippen molar-refractivity contribution in [3.8, 4) is 0 Å². The van der Waals surface area contributed by atoms with Crippen LogP contribution in [0.2, 0.25) is 0 Å². The highest BCUT2D eigenvalue weighted by molar-refractivity contribution is 4.93. The summed E-state index contributed by atoms with van der Waals surface area (Å²) in [6.45, 7) is 0.663. The Hall–Kier alpha value is -0.110. The van der Waals surface area contributed by atoms with Gasteiger partial charge in [-0.1, -0.05) is 0 Å². The van der Waals surface area contributed by atoms with Gasteiger partial charge in [-0.25, -0.2) is 4.39 Å². The highest BCUT2D eigenvalue weighted by atomic mass is 19.2. The molecule has 3 aliphatic rings. The van der Waals surface area contributed by atoms with Gasteiger partial charge in [-0.05, 0) is 5.92 Å². The van der Waals surface area contributed by atoms with Gasteiger partial charge < -0.3 is 4.74 Å². The molecule has 3 fully saturated rings. The van der Waals surface area contributed by atoms with Gasteiger partial charge in [0, 0.05) is 12.8 Å². The second kappa shape index (κ2) is 0.848. The van der Waals surface area contributed by atoms with Gasteiger partial charge in [-0.2, -0.15) is 0 Å². The molecule has 40 valence electrons. The third-order valence-corrected chi connectivity index (χ3v) is 1.76. The van der Waals surface area contributed by atoms with E-state index in [2.05, 4.69) is 0 Å². The van der Waals surface area contributed by atoms with E-state index in [0.717, 1.165) is 0 Å². The van der Waals surface area contributed by atoms with Crippen molar-refractivity contribution in [2.75, 3.05) is 6.61 Å². The fraction of sp³-hybridized carbons (Fsp3) is 1.00. The van der Waals surface area contributed by atoms with E-state index in [0.29, 0.717) is 25.4 Å². The lowest BCUT2D eigenvalue weighted by Crippen LogP contribution is -2.30. The summed E-state index contributed by atoms with van der Waals surface area (Å²) in [6, 6.07) is 0. The molecule has 0 aromatic carbocycles. The van der Waals surface area contributed by atoms with Crippen molar-refractivity contribution in [2.45, 2.75) is 18.7 Å². The Bertz CT molecular complexity index is 90.7. The van der Waals surface area contributed by atoms with E-state index >= 15 is 0 Å². The van der Waals surface area contributed by atoms with Gasteiger partial charge in [0.05, 0.1) is 6.61 Å². The number of fused-ring (bicyclic) bond motifs is 1. The molecule has 0 N–H and O–H groups in total. The van der Waals surface area contributed by atoms with E-state index in [4.69, 9.17) is 4.74 Å². The molecule has 7 heavy (non-hydrogen) atoms. The van der Waals surface area contributed by atoms with Gasteiger partial charge in [-0.15, -0.1) is 0 Å². The molecule has 0 radical (unpaired) electrons. The van der Waals surface area contributed by atoms with Gasteiger partial charge >= 0.3 is 0 Å². The van der Waals surface area contributed by atoms with Crippen molar-refractivity contribution < 1.29 is 9.13 Å². The molecule has 2 aliphatic heterocycles. The quantitative estimate of drug-likeness (QED) is 0.445. The topological polar surface area (TPSA) is 9.23 Å². The van der Waals surface area contributed by atoms with Crippen LogP contribution in [0.1, 0.15) is 12.8 Å². The number of hydrogen-bond acceptors (Lipinski definition) is 1. The summed E-state index contributed by atoms with van der Waals surface area (Å²) < 4.78 is 17.2. The molecular weight excluding hydrogens is 95.1 g/mol. The predicted molar refractivity (Wildman–Crippen MR) is 22.5 cm³/mol. The van der Waals surface area contributed by atoms with Crippen LogP contribution in [0.25, 0.3) is 0 Å². The van der Waals surface area contributed by atoms with Gasteiger partial charge in [0.15, 0.2) is 0 Å². The predicted octanol–water partition coefficient (Wildman–Crippen LogP) is 1.09. The Labute approximate surface area is 41.5 Å². The van der Waals surface area contributed by atoms with Crippen LogP contribution in [0.5, 0.6) is 0 Å². The maximum Gasteiger partial charge on any atom is 0.209 e. The van der Waals surface area contributed by atoms with Crippen molar-refractivity contribution in [3.05, 3.63) is 0 Å². The van der Waals surface area contributed by atoms with Gasteiger partial charge in [0.2, 0.25) is 5.85 Å². The van der Waals surface area contributed by atoms with Crippen LogP contribution < -0.4 is 0 Å². The number of hydrogen-bond donors (Lipinski definition) is 0. The van der Waals surface area contributed by atoms with E-state index in [9.17, 15) is 4.39 Å². The minimum Gasteiger partial charge on any atom is -0.345 e. The number of rotatable bonds is 0. The lowest BCUT2D eigenvalue weighted by Gasteiger charge is -2.26. The molecule has 2 heteroatoms. The zero-order valence-electron chi connectivity index (χ0n) is 3.98. The fourth-order valence-electron chi connectivity index (χ4n) is 1.31. The monoisotopic (exact) mass is 102 g/mol. The minimum absolute atomic E-state index is 0.560. The standard InChI is InChI=1S/C5H7FO/c6-5-1-4(2-5)3-7-5/h4H,1-3H2. The van der Waals surface area contributed by atoms with Crippen LogP contribution in [0, 0.1) is 5.92 Å². The normalized spacial score (nSPS) is 57.0. The summed E-state index contributed by atoms with van der Waals surface area (Å²) in [5.74, 6) is -0.602. The van der Waals surface area contributed by atoms with Crippen LogP contribution in [0.15, 0.2) is 0 Å². The molecule has 3 rings (SSSR count). The first-order chi connectivity index (χ1) is 3.29. The molecule has 0 unspecified atom stereocenters. The van der Waals surface area contributed by atoms with E-state index < -0.39 is 5.85 Å². The Balaban J connectivity index is 2.20. The second-order valence-corrected chi connectivity index (χ2v) is 2.47. The molecule has 0 spiro atoms. The first-order valence-electron chi connectivity index (χ1n) is 2.61. The van der Waals surface area contributed by atoms with Crippen LogP contribution in [0.3, 0.4) is 0 Å². The van der Waals surface area contributed by atoms with Gasteiger partial charge in [0.25, 0.3) is 0 Å². The van der Waals surface area contributed by atoms with Crippen molar-refractivity contribution >= 4 is 0 Å². The molecule has 2 bridgehead atoms. The SMILES string of the molecule is FC12CC(CO1)C2. The fourth-order valence-corrected chi connectivity index (χ4v) is 1.31. The lowest BCUT2D eigenvalue weighted by atomic mass is 9.85. The highest BCUT2D eigenvalue weighted by Gasteiger charge is 2.52. The van der Waals surface area contributed by atoms with Crippen LogP contribution in [-0.2, 0) is 4.74 Å². The van der Waals surface area contributed by atoms with Crippen molar-refractivity contribution in [2.24, 2.45) is 5.92 Å². The summed E-state index contributed by atoms with van der Waals surface area (Å²) >= 11 is 0. The third-order valence-electron chi connectivity index (χ3n) is 1.76. The smallest absolute Gasteiger partial charge is 0.209 e. The largest absolute Gasteiger partial charge is 0.345 e. The zero-order chi connectivity index (χ0) is 4.91.